The van der Waals surface area contributed by atoms with Gasteiger partial charge in [0.2, 0.25) is 5.88 Å². The van der Waals surface area contributed by atoms with Crippen molar-refractivity contribution >= 4 is 12.1 Å². The average Bonchev–Trinajstić information content (AvgIpc) is 2.80. The van der Waals surface area contributed by atoms with Gasteiger partial charge in [-0.25, -0.2) is 14.3 Å². The van der Waals surface area contributed by atoms with Gasteiger partial charge in [-0.1, -0.05) is 12.1 Å². The summed E-state index contributed by atoms with van der Waals surface area (Å²) in [4.78, 5) is 22.1. The summed E-state index contributed by atoms with van der Waals surface area (Å²) >= 11 is 0. The Hall–Kier alpha value is -2.83. The minimum Gasteiger partial charge on any atom is -0.478 e. The van der Waals surface area contributed by atoms with Gasteiger partial charge in [0, 0.05) is 18.7 Å². The molecule has 0 aliphatic rings. The molecule has 0 atom stereocenters. The Morgan fingerprint density at radius 3 is 2.52 bits per heavy atom. The molecule has 2 rings (SSSR count). The minimum absolute atomic E-state index is 0.192. The van der Waals surface area contributed by atoms with Crippen LogP contribution >= 0.6 is 0 Å². The van der Waals surface area contributed by atoms with Crippen molar-refractivity contribution in [2.75, 3.05) is 6.61 Å². The van der Waals surface area contributed by atoms with E-state index in [9.17, 15) is 9.59 Å². The van der Waals surface area contributed by atoms with E-state index < -0.39 is 12.1 Å². The van der Waals surface area contributed by atoms with Crippen LogP contribution in [-0.2, 0) is 11.8 Å². The van der Waals surface area contributed by atoms with Crippen molar-refractivity contribution in [1.29, 1.82) is 0 Å². The second-order valence-corrected chi connectivity index (χ2v) is 4.16. The average molecular weight is 290 g/mol. The predicted molar refractivity (Wildman–Crippen MR) is 73.3 cm³/mol. The molecule has 0 saturated carbocycles. The summed E-state index contributed by atoms with van der Waals surface area (Å²) in [7, 11) is 1.63. The molecule has 0 fully saturated rings. The summed E-state index contributed by atoms with van der Waals surface area (Å²) < 4.78 is 11.1. The maximum absolute atomic E-state index is 11.3. The number of carboxylic acids is 1. The van der Waals surface area contributed by atoms with Crippen molar-refractivity contribution in [3.05, 3.63) is 35.9 Å². The normalized spacial score (nSPS) is 10.2. The van der Waals surface area contributed by atoms with Crippen LogP contribution in [0, 0.1) is 0 Å². The number of carbonyl (C=O) groups excluding carboxylic acids is 1. The smallest absolute Gasteiger partial charge is 0.478 e. The highest BCUT2D eigenvalue weighted by molar-refractivity contribution is 5.88. The first-order valence-electron chi connectivity index (χ1n) is 6.23. The Morgan fingerprint density at radius 2 is 1.95 bits per heavy atom. The first-order chi connectivity index (χ1) is 10.0. The van der Waals surface area contributed by atoms with E-state index in [2.05, 4.69) is 5.10 Å². The number of nitrogens with zero attached hydrogens (tertiary/aromatic N) is 2. The fraction of sp³-hybridized carbons (Fsp3) is 0.214. The SMILES string of the molecule is CCOC(=O)Oc1cc(-c2ccc(C(=O)O)cc2)nn1C. The number of carbonyl (C=O) groups is 2. The van der Waals surface area contributed by atoms with Gasteiger partial charge < -0.3 is 14.6 Å². The van der Waals surface area contributed by atoms with Crippen LogP contribution in [0.15, 0.2) is 30.3 Å². The van der Waals surface area contributed by atoms with Gasteiger partial charge in [-0.05, 0) is 19.1 Å². The molecule has 0 bridgehead atoms. The van der Waals surface area contributed by atoms with Crippen molar-refractivity contribution in [3.8, 4) is 17.1 Å². The lowest BCUT2D eigenvalue weighted by atomic mass is 10.1. The Bertz CT molecular complexity index is 661. The summed E-state index contributed by atoms with van der Waals surface area (Å²) in [6, 6.07) is 7.82. The van der Waals surface area contributed by atoms with Crippen LogP contribution in [0.1, 0.15) is 17.3 Å². The number of hydrogen-bond donors (Lipinski definition) is 1. The quantitative estimate of drug-likeness (QED) is 0.869. The van der Waals surface area contributed by atoms with Crippen LogP contribution in [-0.4, -0.2) is 33.6 Å². The number of benzene rings is 1. The fourth-order valence-corrected chi connectivity index (χ4v) is 1.70. The van der Waals surface area contributed by atoms with E-state index in [0.29, 0.717) is 11.3 Å². The van der Waals surface area contributed by atoms with Gasteiger partial charge in [0.1, 0.15) is 0 Å². The first kappa shape index (κ1) is 14.6. The molecule has 0 saturated heterocycles. The summed E-state index contributed by atoms with van der Waals surface area (Å²) in [6.07, 6.45) is -0.798. The second-order valence-electron chi connectivity index (χ2n) is 4.16. The zero-order chi connectivity index (χ0) is 15.4. The highest BCUT2D eigenvalue weighted by atomic mass is 16.7. The molecule has 0 amide bonds. The molecule has 2 aromatic rings. The minimum atomic E-state index is -0.992. The summed E-state index contributed by atoms with van der Waals surface area (Å²) in [5, 5.41) is 13.1. The van der Waals surface area contributed by atoms with E-state index in [1.807, 2.05) is 0 Å². The third-order valence-corrected chi connectivity index (χ3v) is 2.71. The van der Waals surface area contributed by atoms with Gasteiger partial charge >= 0.3 is 12.1 Å². The molecule has 21 heavy (non-hydrogen) atoms. The molecular formula is C14H14N2O5. The van der Waals surface area contributed by atoms with Crippen molar-refractivity contribution in [2.24, 2.45) is 7.05 Å². The van der Waals surface area contributed by atoms with Crippen LogP contribution in [0.2, 0.25) is 0 Å². The monoisotopic (exact) mass is 290 g/mol. The zero-order valence-electron chi connectivity index (χ0n) is 11.6. The van der Waals surface area contributed by atoms with Crippen LogP contribution in [0.3, 0.4) is 0 Å². The van der Waals surface area contributed by atoms with Gasteiger partial charge in [-0.15, -0.1) is 0 Å². The van der Waals surface area contributed by atoms with Crippen LogP contribution in [0.5, 0.6) is 5.88 Å². The number of aryl methyl sites for hydroxylation is 1. The summed E-state index contributed by atoms with van der Waals surface area (Å²) in [5.74, 6) is -0.750. The Balaban J connectivity index is 2.21. The van der Waals surface area contributed by atoms with Crippen molar-refractivity contribution in [3.63, 3.8) is 0 Å². The standard InChI is InChI=1S/C14H14N2O5/c1-3-20-14(19)21-12-8-11(15-16(12)2)9-4-6-10(7-5-9)13(17)18/h4-8H,3H2,1-2H3,(H,17,18). The van der Waals surface area contributed by atoms with Gasteiger partial charge in [-0.2, -0.15) is 5.10 Å². The Labute approximate surface area is 120 Å². The Morgan fingerprint density at radius 1 is 1.29 bits per heavy atom. The maximum Gasteiger partial charge on any atom is 0.515 e. The molecular weight excluding hydrogens is 276 g/mol. The van der Waals surface area contributed by atoms with Crippen LogP contribution in [0.4, 0.5) is 4.79 Å². The maximum atomic E-state index is 11.3. The topological polar surface area (TPSA) is 90.7 Å². The molecule has 0 spiro atoms. The molecule has 7 heteroatoms. The van der Waals surface area contributed by atoms with E-state index in [0.717, 1.165) is 0 Å². The summed E-state index contributed by atoms with van der Waals surface area (Å²) in [5.41, 5.74) is 1.47. The molecule has 110 valence electrons. The lowest BCUT2D eigenvalue weighted by molar-refractivity contribution is 0.0696. The summed E-state index contributed by atoms with van der Waals surface area (Å²) in [6.45, 7) is 1.90. The van der Waals surface area contributed by atoms with E-state index >= 15 is 0 Å². The largest absolute Gasteiger partial charge is 0.515 e. The molecule has 1 heterocycles. The zero-order valence-corrected chi connectivity index (χ0v) is 11.6. The highest BCUT2D eigenvalue weighted by Crippen LogP contribution is 2.23. The van der Waals surface area contributed by atoms with E-state index in [4.69, 9.17) is 14.6 Å². The second kappa shape index (κ2) is 6.08. The van der Waals surface area contributed by atoms with Gasteiger partial charge in [0.05, 0.1) is 17.9 Å². The molecule has 0 unspecified atom stereocenters. The van der Waals surface area contributed by atoms with E-state index in [-0.39, 0.29) is 18.1 Å². The molecule has 0 aliphatic heterocycles. The van der Waals surface area contributed by atoms with Crippen LogP contribution < -0.4 is 4.74 Å². The Kier molecular flexibility index (Phi) is 4.22. The number of aromatic nitrogens is 2. The number of rotatable bonds is 4. The van der Waals surface area contributed by atoms with E-state index in [1.165, 1.54) is 16.8 Å². The molecule has 1 aromatic heterocycles. The third-order valence-electron chi connectivity index (χ3n) is 2.71. The number of hydrogen-bond acceptors (Lipinski definition) is 5. The first-order valence-corrected chi connectivity index (χ1v) is 6.23. The third kappa shape index (κ3) is 3.38. The van der Waals surface area contributed by atoms with E-state index in [1.54, 1.807) is 32.2 Å². The number of carboxylic acid groups (broad SMARTS) is 1. The van der Waals surface area contributed by atoms with Crippen LogP contribution in [0.25, 0.3) is 11.3 Å². The lowest BCUT2D eigenvalue weighted by Crippen LogP contribution is -2.12. The lowest BCUT2D eigenvalue weighted by Gasteiger charge is -2.02. The molecule has 0 radical (unpaired) electrons. The van der Waals surface area contributed by atoms with Gasteiger partial charge in [0.15, 0.2) is 0 Å². The number of ether oxygens (including phenoxy) is 2. The molecule has 7 nitrogen and oxygen atoms in total. The van der Waals surface area contributed by atoms with Gasteiger partial charge in [-0.3, -0.25) is 0 Å². The molecule has 1 aromatic carbocycles. The molecule has 0 aliphatic carbocycles. The highest BCUT2D eigenvalue weighted by Gasteiger charge is 2.13. The van der Waals surface area contributed by atoms with Gasteiger partial charge in [0.25, 0.3) is 0 Å². The predicted octanol–water partition coefficient (Wildman–Crippen LogP) is 2.32. The van der Waals surface area contributed by atoms with Crippen molar-refractivity contribution in [2.45, 2.75) is 6.92 Å². The van der Waals surface area contributed by atoms with Crippen molar-refractivity contribution < 1.29 is 24.2 Å². The number of aromatic carboxylic acids is 1. The van der Waals surface area contributed by atoms with Crippen molar-refractivity contribution in [1.82, 2.24) is 9.78 Å². The molecule has 1 N–H and O–H groups in total. The fourth-order valence-electron chi connectivity index (χ4n) is 1.70.